The Hall–Kier alpha value is -0.530. The molecule has 88 valence electrons. The third kappa shape index (κ3) is 2.99. The molecule has 16 heavy (non-hydrogen) atoms. The lowest BCUT2D eigenvalue weighted by Crippen LogP contribution is -2.26. The van der Waals surface area contributed by atoms with Gasteiger partial charge in [0.25, 0.3) is 0 Å². The van der Waals surface area contributed by atoms with Gasteiger partial charge in [0, 0.05) is 18.0 Å². The Kier molecular flexibility index (Phi) is 4.25. The van der Waals surface area contributed by atoms with Crippen LogP contribution in [0.1, 0.15) is 12.8 Å². The van der Waals surface area contributed by atoms with Gasteiger partial charge in [-0.25, -0.2) is 10.8 Å². The second kappa shape index (κ2) is 5.70. The van der Waals surface area contributed by atoms with Gasteiger partial charge in [-0.05, 0) is 34.5 Å². The number of halogens is 1. The number of nitrogens with one attached hydrogen (secondary N) is 2. The molecule has 1 aliphatic rings. The van der Waals surface area contributed by atoms with Crippen LogP contribution in [0.5, 0.6) is 0 Å². The first-order valence-electron chi connectivity index (χ1n) is 5.13. The highest BCUT2D eigenvalue weighted by Crippen LogP contribution is 2.24. The Morgan fingerprint density at radius 3 is 3.12 bits per heavy atom. The number of hydrogen-bond acceptors (Lipinski definition) is 6. The molecule has 1 atom stereocenters. The van der Waals surface area contributed by atoms with Crippen molar-refractivity contribution in [2.24, 2.45) is 5.84 Å². The lowest BCUT2D eigenvalue weighted by molar-refractivity contribution is 0.681. The van der Waals surface area contributed by atoms with E-state index in [1.165, 1.54) is 18.6 Å². The topological polar surface area (TPSA) is 75.9 Å². The Balaban J connectivity index is 2.06. The first-order chi connectivity index (χ1) is 7.79. The van der Waals surface area contributed by atoms with Gasteiger partial charge in [-0.3, -0.25) is 5.43 Å². The average Bonchev–Trinajstić information content (AvgIpc) is 2.33. The lowest BCUT2D eigenvalue weighted by Gasteiger charge is -2.23. The third-order valence-electron chi connectivity index (χ3n) is 2.37. The average molecular weight is 304 g/mol. The second-order valence-electron chi connectivity index (χ2n) is 3.59. The van der Waals surface area contributed by atoms with Crippen molar-refractivity contribution >= 4 is 39.5 Å². The molecule has 0 amide bonds. The van der Waals surface area contributed by atoms with E-state index < -0.39 is 0 Å². The van der Waals surface area contributed by atoms with E-state index in [4.69, 9.17) is 5.84 Å². The van der Waals surface area contributed by atoms with Crippen LogP contribution in [-0.2, 0) is 0 Å². The number of rotatable bonds is 3. The minimum absolute atomic E-state index is 0.425. The normalized spacial score (nSPS) is 20.5. The molecular weight excluding hydrogens is 290 g/mol. The number of hydrazine groups is 1. The van der Waals surface area contributed by atoms with Gasteiger partial charge in [-0.1, -0.05) is 0 Å². The molecule has 1 aromatic rings. The number of anilines is 2. The number of nitrogen functional groups attached to an aromatic ring is 1. The van der Waals surface area contributed by atoms with Crippen molar-refractivity contribution in [2.45, 2.75) is 18.9 Å². The molecule has 0 bridgehead atoms. The van der Waals surface area contributed by atoms with Crippen LogP contribution in [0, 0.1) is 0 Å². The molecule has 0 radical (unpaired) electrons. The zero-order chi connectivity index (χ0) is 11.4. The monoisotopic (exact) mass is 303 g/mol. The molecule has 0 spiro atoms. The SMILES string of the molecule is NNc1ncc(Br)c(NC2CCCSC2)n1. The van der Waals surface area contributed by atoms with Crippen LogP contribution in [0.25, 0.3) is 0 Å². The second-order valence-corrected chi connectivity index (χ2v) is 5.60. The van der Waals surface area contributed by atoms with Gasteiger partial charge in [-0.15, -0.1) is 0 Å². The van der Waals surface area contributed by atoms with Crippen LogP contribution in [0.3, 0.4) is 0 Å². The standard InChI is InChI=1S/C9H14BrN5S/c10-7-4-12-9(15-11)14-8(7)13-6-2-1-3-16-5-6/h4,6H,1-3,5,11H2,(H2,12,13,14,15). The molecule has 2 heterocycles. The van der Waals surface area contributed by atoms with E-state index in [0.717, 1.165) is 16.0 Å². The number of hydrogen-bond donors (Lipinski definition) is 3. The van der Waals surface area contributed by atoms with Crippen LogP contribution in [0.2, 0.25) is 0 Å². The lowest BCUT2D eigenvalue weighted by atomic mass is 10.2. The van der Waals surface area contributed by atoms with Gasteiger partial charge in [-0.2, -0.15) is 16.7 Å². The van der Waals surface area contributed by atoms with E-state index in [9.17, 15) is 0 Å². The van der Waals surface area contributed by atoms with E-state index in [0.29, 0.717) is 12.0 Å². The Bertz CT molecular complexity index is 356. The summed E-state index contributed by atoms with van der Waals surface area (Å²) in [5.74, 6) is 8.90. The number of thioether (sulfide) groups is 1. The number of aromatic nitrogens is 2. The zero-order valence-corrected chi connectivity index (χ0v) is 11.1. The Morgan fingerprint density at radius 2 is 2.44 bits per heavy atom. The zero-order valence-electron chi connectivity index (χ0n) is 8.74. The van der Waals surface area contributed by atoms with Crippen LogP contribution in [-0.4, -0.2) is 27.5 Å². The Morgan fingerprint density at radius 1 is 1.56 bits per heavy atom. The van der Waals surface area contributed by atoms with Gasteiger partial charge in [0.05, 0.1) is 4.47 Å². The maximum atomic E-state index is 5.28. The van der Waals surface area contributed by atoms with Crippen molar-refractivity contribution in [3.8, 4) is 0 Å². The maximum Gasteiger partial charge on any atom is 0.239 e. The number of nitrogens with zero attached hydrogens (tertiary/aromatic N) is 2. The summed E-state index contributed by atoms with van der Waals surface area (Å²) >= 11 is 5.40. The van der Waals surface area contributed by atoms with Crippen molar-refractivity contribution in [3.05, 3.63) is 10.7 Å². The first kappa shape index (κ1) is 11.9. The van der Waals surface area contributed by atoms with Crippen LogP contribution in [0.15, 0.2) is 10.7 Å². The van der Waals surface area contributed by atoms with Gasteiger partial charge in [0.2, 0.25) is 5.95 Å². The molecule has 0 aliphatic carbocycles. The molecule has 1 saturated heterocycles. The van der Waals surface area contributed by atoms with Gasteiger partial charge in [0.1, 0.15) is 5.82 Å². The van der Waals surface area contributed by atoms with Crippen molar-refractivity contribution in [1.82, 2.24) is 9.97 Å². The van der Waals surface area contributed by atoms with Crippen LogP contribution < -0.4 is 16.6 Å². The molecule has 5 nitrogen and oxygen atoms in total. The highest BCUT2D eigenvalue weighted by Gasteiger charge is 2.15. The van der Waals surface area contributed by atoms with E-state index in [1.54, 1.807) is 6.20 Å². The third-order valence-corrected chi connectivity index (χ3v) is 4.17. The summed E-state index contributed by atoms with van der Waals surface area (Å²) in [6, 6.07) is 0.482. The van der Waals surface area contributed by atoms with E-state index in [-0.39, 0.29) is 0 Å². The summed E-state index contributed by atoms with van der Waals surface area (Å²) < 4.78 is 0.863. The molecule has 0 aromatic carbocycles. The summed E-state index contributed by atoms with van der Waals surface area (Å²) in [6.45, 7) is 0. The first-order valence-corrected chi connectivity index (χ1v) is 7.08. The smallest absolute Gasteiger partial charge is 0.239 e. The molecule has 7 heteroatoms. The van der Waals surface area contributed by atoms with Crippen LogP contribution >= 0.6 is 27.7 Å². The van der Waals surface area contributed by atoms with Gasteiger partial charge < -0.3 is 5.32 Å². The van der Waals surface area contributed by atoms with Crippen molar-refractivity contribution in [3.63, 3.8) is 0 Å². The van der Waals surface area contributed by atoms with Crippen molar-refractivity contribution < 1.29 is 0 Å². The minimum atomic E-state index is 0.425. The molecule has 1 fully saturated rings. The largest absolute Gasteiger partial charge is 0.365 e. The van der Waals surface area contributed by atoms with Gasteiger partial charge in [0.15, 0.2) is 0 Å². The predicted molar refractivity (Wildman–Crippen MR) is 71.5 cm³/mol. The van der Waals surface area contributed by atoms with Crippen molar-refractivity contribution in [2.75, 3.05) is 22.2 Å². The summed E-state index contributed by atoms with van der Waals surface area (Å²) in [4.78, 5) is 8.28. The highest BCUT2D eigenvalue weighted by atomic mass is 79.9. The number of nitrogens with two attached hydrogens (primary N) is 1. The molecule has 2 rings (SSSR count). The quantitative estimate of drug-likeness (QED) is 0.584. The predicted octanol–water partition coefficient (Wildman–Crippen LogP) is 1.83. The molecular formula is C9H14BrN5S. The molecule has 4 N–H and O–H groups in total. The summed E-state index contributed by atoms with van der Waals surface area (Å²) in [5, 5.41) is 3.41. The summed E-state index contributed by atoms with van der Waals surface area (Å²) in [7, 11) is 0. The molecule has 1 unspecified atom stereocenters. The van der Waals surface area contributed by atoms with Crippen molar-refractivity contribution in [1.29, 1.82) is 0 Å². The molecule has 0 saturated carbocycles. The fourth-order valence-corrected chi connectivity index (χ4v) is 2.96. The van der Waals surface area contributed by atoms with Gasteiger partial charge >= 0.3 is 0 Å². The highest BCUT2D eigenvalue weighted by molar-refractivity contribution is 9.10. The Labute approximate surface area is 107 Å². The minimum Gasteiger partial charge on any atom is -0.365 e. The van der Waals surface area contributed by atoms with Crippen LogP contribution in [0.4, 0.5) is 11.8 Å². The fourth-order valence-electron chi connectivity index (χ4n) is 1.59. The molecule has 1 aliphatic heterocycles. The summed E-state index contributed by atoms with van der Waals surface area (Å²) in [6.07, 6.45) is 4.14. The van der Waals surface area contributed by atoms with E-state index in [1.807, 2.05) is 11.8 Å². The molecule has 1 aromatic heterocycles. The fraction of sp³-hybridized carbons (Fsp3) is 0.556. The van der Waals surface area contributed by atoms with E-state index >= 15 is 0 Å². The van der Waals surface area contributed by atoms with E-state index in [2.05, 4.69) is 36.6 Å². The maximum absolute atomic E-state index is 5.28. The summed E-state index contributed by atoms with van der Waals surface area (Å²) in [5.41, 5.74) is 2.44.